The summed E-state index contributed by atoms with van der Waals surface area (Å²) in [6, 6.07) is 5.76. The zero-order valence-corrected chi connectivity index (χ0v) is 15.6. The summed E-state index contributed by atoms with van der Waals surface area (Å²) < 4.78 is 29.7. The number of aliphatic hydroxyl groups is 3. The van der Waals surface area contributed by atoms with Crippen LogP contribution in [0.5, 0.6) is 0 Å². The number of imidazole rings is 1. The number of benzene rings is 1. The van der Waals surface area contributed by atoms with Gasteiger partial charge in [-0.1, -0.05) is 0 Å². The molecule has 1 aliphatic heterocycles. The van der Waals surface area contributed by atoms with Gasteiger partial charge in [0.1, 0.15) is 24.6 Å². The summed E-state index contributed by atoms with van der Waals surface area (Å²) in [6.45, 7) is -0.447. The molecule has 154 valence electrons. The Bertz CT molecular complexity index is 1130. The van der Waals surface area contributed by atoms with Gasteiger partial charge in [0.05, 0.1) is 17.8 Å². The predicted octanol–water partition coefficient (Wildman–Crippen LogP) is -1.17. The monoisotopic (exact) mass is 422 g/mol. The second-order valence-electron chi connectivity index (χ2n) is 6.47. The van der Waals surface area contributed by atoms with Gasteiger partial charge in [0.2, 0.25) is 10.0 Å². The Morgan fingerprint density at radius 1 is 1.14 bits per heavy atom. The van der Waals surface area contributed by atoms with Gasteiger partial charge in [-0.25, -0.2) is 28.5 Å². The Morgan fingerprint density at radius 2 is 1.86 bits per heavy atom. The van der Waals surface area contributed by atoms with E-state index in [0.717, 1.165) is 0 Å². The second kappa shape index (κ2) is 7.29. The van der Waals surface area contributed by atoms with Crippen molar-refractivity contribution in [3.63, 3.8) is 0 Å². The van der Waals surface area contributed by atoms with Crippen LogP contribution in [0.15, 0.2) is 41.8 Å². The summed E-state index contributed by atoms with van der Waals surface area (Å²) in [5, 5.41) is 37.6. The van der Waals surface area contributed by atoms with Gasteiger partial charge in [-0.05, 0) is 24.3 Å². The minimum absolute atomic E-state index is 0.0236. The van der Waals surface area contributed by atoms with Crippen LogP contribution in [-0.2, 0) is 14.8 Å². The number of ether oxygens (including phenoxy) is 1. The molecule has 0 bridgehead atoms. The molecule has 1 fully saturated rings. The van der Waals surface area contributed by atoms with Crippen LogP contribution < -0.4 is 10.5 Å². The molecule has 0 saturated carbocycles. The number of primary sulfonamides is 1. The Kier molecular flexibility index (Phi) is 4.94. The topological polar surface area (TPSA) is 186 Å². The van der Waals surface area contributed by atoms with Crippen molar-refractivity contribution in [3.8, 4) is 0 Å². The number of anilines is 2. The number of aliphatic hydroxyl groups excluding tert-OH is 3. The van der Waals surface area contributed by atoms with E-state index in [4.69, 9.17) is 9.88 Å². The first-order valence-electron chi connectivity index (χ1n) is 8.49. The van der Waals surface area contributed by atoms with E-state index in [-0.39, 0.29) is 4.90 Å². The molecule has 1 aromatic carbocycles. The van der Waals surface area contributed by atoms with E-state index in [1.165, 1.54) is 41.5 Å². The maximum atomic E-state index is 11.4. The summed E-state index contributed by atoms with van der Waals surface area (Å²) in [5.41, 5.74) is 1.24. The highest BCUT2D eigenvalue weighted by Crippen LogP contribution is 2.32. The quantitative estimate of drug-likeness (QED) is 0.335. The molecule has 0 amide bonds. The minimum Gasteiger partial charge on any atom is -0.394 e. The molecule has 13 heteroatoms. The normalized spacial score (nSPS) is 24.8. The third-order valence-electron chi connectivity index (χ3n) is 4.60. The van der Waals surface area contributed by atoms with Gasteiger partial charge >= 0.3 is 0 Å². The number of nitrogens with one attached hydrogen (secondary N) is 1. The van der Waals surface area contributed by atoms with Crippen LogP contribution >= 0.6 is 0 Å². The highest BCUT2D eigenvalue weighted by atomic mass is 32.2. The van der Waals surface area contributed by atoms with Crippen molar-refractivity contribution < 1.29 is 28.5 Å². The van der Waals surface area contributed by atoms with Crippen molar-refractivity contribution in [2.45, 2.75) is 29.4 Å². The molecule has 0 spiro atoms. The highest BCUT2D eigenvalue weighted by molar-refractivity contribution is 7.89. The summed E-state index contributed by atoms with van der Waals surface area (Å²) in [4.78, 5) is 12.5. The molecule has 0 aliphatic carbocycles. The van der Waals surface area contributed by atoms with Crippen LogP contribution in [0.2, 0.25) is 0 Å². The standard InChI is InChI=1S/C16H18N6O6S/c17-29(26,27)9-3-1-8(2-4-9)21-14-11-15(19-6-18-14)22(7-20-11)16-13(25)12(24)10(5-23)28-16/h1-4,6-7,10,12-13,16,23-25H,5H2,(H2,17,26,27)(H,18,19,21)/t10-,12-,13-,16-/m1/s1. The van der Waals surface area contributed by atoms with Gasteiger partial charge in [0.15, 0.2) is 23.2 Å². The van der Waals surface area contributed by atoms with Gasteiger partial charge in [-0.15, -0.1) is 0 Å². The van der Waals surface area contributed by atoms with Crippen LogP contribution in [0, 0.1) is 0 Å². The number of fused-ring (bicyclic) bond motifs is 1. The zero-order chi connectivity index (χ0) is 20.8. The van der Waals surface area contributed by atoms with Crippen LogP contribution in [0.4, 0.5) is 11.5 Å². The van der Waals surface area contributed by atoms with Gasteiger partial charge in [-0.3, -0.25) is 4.57 Å². The number of hydrogen-bond donors (Lipinski definition) is 5. The molecule has 0 radical (unpaired) electrons. The molecule has 1 aliphatic rings. The van der Waals surface area contributed by atoms with Crippen LogP contribution in [-0.4, -0.2) is 68.2 Å². The molecule has 4 rings (SSSR count). The molecule has 4 atom stereocenters. The van der Waals surface area contributed by atoms with E-state index in [2.05, 4.69) is 20.3 Å². The number of sulfonamides is 1. The van der Waals surface area contributed by atoms with Gasteiger partial charge in [0, 0.05) is 5.69 Å². The lowest BCUT2D eigenvalue weighted by Crippen LogP contribution is -2.33. The molecule has 12 nitrogen and oxygen atoms in total. The fraction of sp³-hybridized carbons (Fsp3) is 0.312. The van der Waals surface area contributed by atoms with Crippen molar-refractivity contribution in [2.75, 3.05) is 11.9 Å². The van der Waals surface area contributed by atoms with Gasteiger partial charge in [0.25, 0.3) is 0 Å². The summed E-state index contributed by atoms with van der Waals surface area (Å²) >= 11 is 0. The van der Waals surface area contributed by atoms with Crippen molar-refractivity contribution in [1.82, 2.24) is 19.5 Å². The molecule has 1 saturated heterocycles. The first-order valence-corrected chi connectivity index (χ1v) is 10.0. The Hall–Kier alpha value is -2.68. The summed E-state index contributed by atoms with van der Waals surface area (Å²) in [5.74, 6) is 0.337. The van der Waals surface area contributed by atoms with E-state index in [1.807, 2.05) is 0 Å². The van der Waals surface area contributed by atoms with Crippen molar-refractivity contribution in [1.29, 1.82) is 0 Å². The third-order valence-corrected chi connectivity index (χ3v) is 5.52. The third kappa shape index (κ3) is 3.55. The lowest BCUT2D eigenvalue weighted by molar-refractivity contribution is -0.0511. The lowest BCUT2D eigenvalue weighted by atomic mass is 10.1. The van der Waals surface area contributed by atoms with Gasteiger partial charge in [-0.2, -0.15) is 0 Å². The number of nitrogens with two attached hydrogens (primary N) is 1. The van der Waals surface area contributed by atoms with Crippen molar-refractivity contribution >= 4 is 32.7 Å². The fourth-order valence-electron chi connectivity index (χ4n) is 3.10. The summed E-state index contributed by atoms with van der Waals surface area (Å²) in [6.07, 6.45) is -1.77. The Morgan fingerprint density at radius 3 is 2.48 bits per heavy atom. The fourth-order valence-corrected chi connectivity index (χ4v) is 3.62. The van der Waals surface area contributed by atoms with E-state index < -0.39 is 41.2 Å². The molecular formula is C16H18N6O6S. The first-order chi connectivity index (χ1) is 13.8. The Balaban J connectivity index is 1.65. The maximum absolute atomic E-state index is 11.4. The number of rotatable bonds is 5. The lowest BCUT2D eigenvalue weighted by Gasteiger charge is -2.16. The van der Waals surface area contributed by atoms with E-state index in [9.17, 15) is 23.7 Å². The SMILES string of the molecule is NS(=O)(=O)c1ccc(Nc2ncnc3c2ncn3[C@@H]2O[C@H](CO)[C@@H](O)[C@H]2O)cc1. The zero-order valence-electron chi connectivity index (χ0n) is 14.8. The number of nitrogens with zero attached hydrogens (tertiary/aromatic N) is 4. The van der Waals surface area contributed by atoms with E-state index in [1.54, 1.807) is 0 Å². The second-order valence-corrected chi connectivity index (χ2v) is 8.03. The van der Waals surface area contributed by atoms with E-state index >= 15 is 0 Å². The molecule has 3 heterocycles. The highest BCUT2D eigenvalue weighted by Gasteiger charge is 2.44. The molecule has 2 aromatic heterocycles. The average Bonchev–Trinajstić information content (AvgIpc) is 3.24. The van der Waals surface area contributed by atoms with Crippen LogP contribution in [0.3, 0.4) is 0 Å². The minimum atomic E-state index is -3.79. The van der Waals surface area contributed by atoms with E-state index in [0.29, 0.717) is 22.7 Å². The maximum Gasteiger partial charge on any atom is 0.238 e. The largest absolute Gasteiger partial charge is 0.394 e. The number of hydrogen-bond acceptors (Lipinski definition) is 10. The molecule has 0 unspecified atom stereocenters. The van der Waals surface area contributed by atoms with Crippen molar-refractivity contribution in [2.24, 2.45) is 5.14 Å². The summed E-state index contributed by atoms with van der Waals surface area (Å²) in [7, 11) is -3.79. The predicted molar refractivity (Wildman–Crippen MR) is 99.4 cm³/mol. The molecule has 29 heavy (non-hydrogen) atoms. The average molecular weight is 422 g/mol. The first kappa shape index (κ1) is 19.6. The van der Waals surface area contributed by atoms with Crippen LogP contribution in [0.1, 0.15) is 6.23 Å². The molecule has 3 aromatic rings. The van der Waals surface area contributed by atoms with Crippen molar-refractivity contribution in [3.05, 3.63) is 36.9 Å². The van der Waals surface area contributed by atoms with Crippen LogP contribution in [0.25, 0.3) is 11.2 Å². The molecule has 6 N–H and O–H groups in total. The van der Waals surface area contributed by atoms with Gasteiger partial charge < -0.3 is 25.4 Å². The number of aromatic nitrogens is 4. The molecular weight excluding hydrogens is 404 g/mol. The Labute approximate surface area is 164 Å². The smallest absolute Gasteiger partial charge is 0.238 e.